The van der Waals surface area contributed by atoms with Gasteiger partial charge in [0.25, 0.3) is 11.8 Å². The van der Waals surface area contributed by atoms with E-state index in [1.165, 1.54) is 23.9 Å². The smallest absolute Gasteiger partial charge is 0.326 e. The zero-order chi connectivity index (χ0) is 28.2. The van der Waals surface area contributed by atoms with Crippen molar-refractivity contribution in [2.75, 3.05) is 20.3 Å². The van der Waals surface area contributed by atoms with Crippen molar-refractivity contribution in [2.45, 2.75) is 52.9 Å². The molecule has 2 rings (SSSR count). The molecule has 8 nitrogen and oxygen atoms in total. The van der Waals surface area contributed by atoms with Crippen LogP contribution in [0.1, 0.15) is 58.3 Å². The number of carbonyl (C=O) groups is 4. The molecular weight excluding hydrogens is 492 g/mol. The highest BCUT2D eigenvalue weighted by Gasteiger charge is 2.20. The first-order valence-corrected chi connectivity index (χ1v) is 13.0. The average Bonchev–Trinajstić information content (AvgIpc) is 2.96. The number of thioether (sulfide) groups is 1. The summed E-state index contributed by atoms with van der Waals surface area (Å²) < 4.78 is 10.2. The molecule has 0 heterocycles. The van der Waals surface area contributed by atoms with Gasteiger partial charge in [-0.1, -0.05) is 70.6 Å². The monoisotopic (exact) mass is 530 g/mol. The van der Waals surface area contributed by atoms with Crippen LogP contribution in [0.4, 0.5) is 0 Å². The lowest BCUT2D eigenvalue weighted by Gasteiger charge is -2.16. The van der Waals surface area contributed by atoms with Crippen LogP contribution in [0.15, 0.2) is 70.1 Å². The van der Waals surface area contributed by atoms with Gasteiger partial charge in [0.1, 0.15) is 12.3 Å². The molecule has 0 unspecified atom stereocenters. The SMILES string of the molecule is CC.CC.CC/C(C)=C(\NC(=O)COC(=O)CN(C=O)C(=O)c1ccccc1)Sc1cccc(OC)c1. The summed E-state index contributed by atoms with van der Waals surface area (Å²) in [5.74, 6) is -1.35. The Kier molecular flexibility index (Phi) is 17.7. The van der Waals surface area contributed by atoms with Gasteiger partial charge < -0.3 is 14.8 Å². The molecule has 0 aliphatic heterocycles. The third-order valence-electron chi connectivity index (χ3n) is 4.50. The topological polar surface area (TPSA) is 102 Å². The van der Waals surface area contributed by atoms with Crippen molar-refractivity contribution in [2.24, 2.45) is 0 Å². The maximum absolute atomic E-state index is 12.4. The summed E-state index contributed by atoms with van der Waals surface area (Å²) in [6.45, 7) is 10.7. The number of nitrogens with one attached hydrogen (secondary N) is 1. The number of rotatable bonds is 11. The minimum atomic E-state index is -0.875. The van der Waals surface area contributed by atoms with Gasteiger partial charge in [0, 0.05) is 10.5 Å². The molecule has 37 heavy (non-hydrogen) atoms. The van der Waals surface area contributed by atoms with E-state index in [1.54, 1.807) is 25.3 Å². The zero-order valence-electron chi connectivity index (χ0n) is 22.7. The quantitative estimate of drug-likeness (QED) is 0.234. The standard InChI is InChI=1S/C24H26N2O6S.2C2H6/c1-4-17(2)23(33-20-12-8-11-19(13-20)31-3)25-21(28)15-32-22(29)14-26(16-27)24(30)18-9-6-5-7-10-18;2*1-2/h5-13,16H,4,14-15H2,1-3H3,(H,25,28);2*1-2H3/b23-17+;;. The van der Waals surface area contributed by atoms with Crippen molar-refractivity contribution in [3.63, 3.8) is 0 Å². The number of hydrogen-bond donors (Lipinski definition) is 1. The Morgan fingerprint density at radius 1 is 1.00 bits per heavy atom. The number of allylic oxidation sites excluding steroid dienone is 1. The maximum atomic E-state index is 12.4. The molecule has 0 spiro atoms. The van der Waals surface area contributed by atoms with Crippen LogP contribution in [0.25, 0.3) is 0 Å². The van der Waals surface area contributed by atoms with Crippen molar-refractivity contribution in [1.82, 2.24) is 10.2 Å². The summed E-state index contributed by atoms with van der Waals surface area (Å²) in [6, 6.07) is 15.5. The van der Waals surface area contributed by atoms with Crippen LogP contribution in [0, 0.1) is 0 Å². The zero-order valence-corrected chi connectivity index (χ0v) is 23.5. The minimum Gasteiger partial charge on any atom is -0.497 e. The second-order valence-electron chi connectivity index (χ2n) is 6.86. The minimum absolute atomic E-state index is 0.257. The first-order valence-electron chi connectivity index (χ1n) is 12.2. The number of imide groups is 1. The van der Waals surface area contributed by atoms with Crippen LogP contribution in [-0.4, -0.2) is 49.4 Å². The summed E-state index contributed by atoms with van der Waals surface area (Å²) in [4.78, 5) is 49.6. The molecule has 2 aromatic rings. The predicted octanol–water partition coefficient (Wildman–Crippen LogP) is 5.44. The van der Waals surface area contributed by atoms with E-state index >= 15 is 0 Å². The lowest BCUT2D eigenvalue weighted by Crippen LogP contribution is -2.36. The molecule has 3 amide bonds. The number of esters is 1. The molecule has 0 saturated heterocycles. The van der Waals surface area contributed by atoms with E-state index in [0.29, 0.717) is 22.1 Å². The third kappa shape index (κ3) is 12.3. The fourth-order valence-corrected chi connectivity index (χ4v) is 3.60. The Bertz CT molecular complexity index is 1020. The highest BCUT2D eigenvalue weighted by atomic mass is 32.2. The van der Waals surface area contributed by atoms with Gasteiger partial charge >= 0.3 is 5.97 Å². The van der Waals surface area contributed by atoms with Crippen LogP contribution in [0.5, 0.6) is 5.75 Å². The van der Waals surface area contributed by atoms with E-state index in [1.807, 2.05) is 65.8 Å². The summed E-state index contributed by atoms with van der Waals surface area (Å²) in [5.41, 5.74) is 1.21. The van der Waals surface area contributed by atoms with Gasteiger partial charge in [-0.15, -0.1) is 0 Å². The molecule has 9 heteroatoms. The molecule has 2 aromatic carbocycles. The molecule has 0 atom stereocenters. The van der Waals surface area contributed by atoms with Gasteiger partial charge in [-0.05, 0) is 49.2 Å². The molecule has 0 radical (unpaired) electrons. The largest absolute Gasteiger partial charge is 0.497 e. The maximum Gasteiger partial charge on any atom is 0.326 e. The highest BCUT2D eigenvalue weighted by molar-refractivity contribution is 8.03. The Morgan fingerprint density at radius 2 is 1.65 bits per heavy atom. The summed E-state index contributed by atoms with van der Waals surface area (Å²) in [6.07, 6.45) is 0.967. The van der Waals surface area contributed by atoms with E-state index in [4.69, 9.17) is 9.47 Å². The molecule has 0 bridgehead atoms. The Morgan fingerprint density at radius 3 is 2.22 bits per heavy atom. The van der Waals surface area contributed by atoms with Crippen LogP contribution >= 0.6 is 11.8 Å². The molecule has 0 aliphatic carbocycles. The lowest BCUT2D eigenvalue weighted by atomic mass is 10.2. The molecule has 0 fully saturated rings. The van der Waals surface area contributed by atoms with E-state index in [2.05, 4.69) is 5.32 Å². The van der Waals surface area contributed by atoms with E-state index in [9.17, 15) is 19.2 Å². The second kappa shape index (κ2) is 19.6. The number of carbonyl (C=O) groups excluding carboxylic acids is 4. The van der Waals surface area contributed by atoms with Crippen molar-refractivity contribution >= 4 is 36.0 Å². The van der Waals surface area contributed by atoms with Crippen molar-refractivity contribution in [3.05, 3.63) is 70.8 Å². The fraction of sp³-hybridized carbons (Fsp3) is 0.357. The van der Waals surface area contributed by atoms with Crippen molar-refractivity contribution in [1.29, 1.82) is 0 Å². The second-order valence-corrected chi connectivity index (χ2v) is 7.94. The van der Waals surface area contributed by atoms with Gasteiger partial charge in [0.2, 0.25) is 6.41 Å². The van der Waals surface area contributed by atoms with Gasteiger partial charge in [-0.2, -0.15) is 0 Å². The van der Waals surface area contributed by atoms with Gasteiger partial charge in [-0.3, -0.25) is 24.1 Å². The Balaban J connectivity index is 0.00000308. The normalized spacial score (nSPS) is 10.2. The van der Waals surface area contributed by atoms with Crippen LogP contribution in [0.2, 0.25) is 0 Å². The number of benzene rings is 2. The number of amides is 3. The van der Waals surface area contributed by atoms with Gasteiger partial charge in [-0.25, -0.2) is 0 Å². The number of ether oxygens (including phenoxy) is 2. The predicted molar refractivity (Wildman–Crippen MR) is 147 cm³/mol. The lowest BCUT2D eigenvalue weighted by molar-refractivity contribution is -0.149. The van der Waals surface area contributed by atoms with Crippen LogP contribution < -0.4 is 10.1 Å². The van der Waals surface area contributed by atoms with E-state index in [0.717, 1.165) is 10.5 Å². The summed E-state index contributed by atoms with van der Waals surface area (Å²) >= 11 is 1.36. The van der Waals surface area contributed by atoms with E-state index < -0.39 is 30.9 Å². The van der Waals surface area contributed by atoms with Crippen molar-refractivity contribution < 1.29 is 28.7 Å². The van der Waals surface area contributed by atoms with Crippen molar-refractivity contribution in [3.8, 4) is 5.75 Å². The van der Waals surface area contributed by atoms with Crippen LogP contribution in [0.3, 0.4) is 0 Å². The fourth-order valence-electron chi connectivity index (χ4n) is 2.56. The molecule has 0 saturated carbocycles. The third-order valence-corrected chi connectivity index (χ3v) is 5.65. The molecule has 0 aliphatic rings. The average molecular weight is 531 g/mol. The van der Waals surface area contributed by atoms with E-state index in [-0.39, 0.29) is 12.0 Å². The highest BCUT2D eigenvalue weighted by Crippen LogP contribution is 2.30. The number of methoxy groups -OCH3 is 1. The number of hydrogen-bond acceptors (Lipinski definition) is 7. The molecule has 0 aromatic heterocycles. The number of nitrogens with zero attached hydrogens (tertiary/aromatic N) is 1. The van der Waals surface area contributed by atoms with Gasteiger partial charge in [0.15, 0.2) is 6.61 Å². The Labute approximate surface area is 224 Å². The van der Waals surface area contributed by atoms with Gasteiger partial charge in [0.05, 0.1) is 12.1 Å². The summed E-state index contributed by atoms with van der Waals surface area (Å²) in [5, 5.41) is 3.39. The molecule has 1 N–H and O–H groups in total. The molecule has 202 valence electrons. The summed E-state index contributed by atoms with van der Waals surface area (Å²) in [7, 11) is 1.58. The molecular formula is C28H38N2O6S. The first kappa shape index (κ1) is 33.4. The first-order chi connectivity index (χ1) is 17.9. The van der Waals surface area contributed by atoms with Crippen LogP contribution in [-0.2, 0) is 19.1 Å². The Hall–Kier alpha value is -3.59.